The largest absolute Gasteiger partial charge is 0.489 e. The van der Waals surface area contributed by atoms with Crippen LogP contribution in [0.2, 0.25) is 0 Å². The first-order valence-electron chi connectivity index (χ1n) is 8.01. The molecule has 1 aromatic carbocycles. The second-order valence-electron chi connectivity index (χ2n) is 5.90. The van der Waals surface area contributed by atoms with E-state index in [1.54, 1.807) is 6.07 Å². The standard InChI is InChI=1S/C18H19NO6/c1-11-4-5-14(15(7-11)25-10-13-3-2-6-23-13)19-17(20)16-8-12(9-24-16)18(21)22/h4-5,7-9,13H,2-3,6,10H2,1H3,(H,19,20)(H,21,22). The van der Waals surface area contributed by atoms with Crippen molar-refractivity contribution in [1.82, 2.24) is 0 Å². The number of nitrogens with one attached hydrogen (secondary N) is 1. The third-order valence-corrected chi connectivity index (χ3v) is 3.90. The van der Waals surface area contributed by atoms with E-state index in [4.69, 9.17) is 19.0 Å². The molecule has 132 valence electrons. The predicted octanol–water partition coefficient (Wildman–Crippen LogP) is 3.10. The van der Waals surface area contributed by atoms with Gasteiger partial charge in [-0.05, 0) is 37.5 Å². The Morgan fingerprint density at radius 3 is 2.88 bits per heavy atom. The summed E-state index contributed by atoms with van der Waals surface area (Å²) >= 11 is 0. The smallest absolute Gasteiger partial charge is 0.338 e. The van der Waals surface area contributed by atoms with Gasteiger partial charge in [-0.25, -0.2) is 4.79 Å². The van der Waals surface area contributed by atoms with Crippen LogP contribution in [0.3, 0.4) is 0 Å². The Kier molecular flexibility index (Phi) is 5.04. The average Bonchev–Trinajstić information content (AvgIpc) is 3.26. The molecule has 0 aliphatic carbocycles. The summed E-state index contributed by atoms with van der Waals surface area (Å²) in [4.78, 5) is 23.1. The molecule has 0 spiro atoms. The minimum Gasteiger partial charge on any atom is -0.489 e. The molecule has 0 bridgehead atoms. The van der Waals surface area contributed by atoms with Crippen molar-refractivity contribution in [2.75, 3.05) is 18.5 Å². The SMILES string of the molecule is Cc1ccc(NC(=O)c2cc(C(=O)O)co2)c(OCC2CCCO2)c1. The van der Waals surface area contributed by atoms with Crippen LogP contribution in [0, 0.1) is 6.92 Å². The van der Waals surface area contributed by atoms with Gasteiger partial charge >= 0.3 is 5.97 Å². The Labute approximate surface area is 144 Å². The van der Waals surface area contributed by atoms with E-state index in [-0.39, 0.29) is 17.4 Å². The lowest BCUT2D eigenvalue weighted by Gasteiger charge is -2.15. The molecule has 1 amide bonds. The van der Waals surface area contributed by atoms with Crippen molar-refractivity contribution in [1.29, 1.82) is 0 Å². The molecule has 2 aromatic rings. The lowest BCUT2D eigenvalue weighted by Crippen LogP contribution is -2.18. The van der Waals surface area contributed by atoms with Gasteiger partial charge in [0.2, 0.25) is 0 Å². The van der Waals surface area contributed by atoms with E-state index in [1.165, 1.54) is 6.07 Å². The number of ether oxygens (including phenoxy) is 2. The summed E-state index contributed by atoms with van der Waals surface area (Å²) in [5.74, 6) is -1.24. The summed E-state index contributed by atoms with van der Waals surface area (Å²) in [6.45, 7) is 3.09. The molecular formula is C18H19NO6. The van der Waals surface area contributed by atoms with Crippen LogP contribution in [0.4, 0.5) is 5.69 Å². The number of benzene rings is 1. The number of amides is 1. The van der Waals surface area contributed by atoms with Crippen molar-refractivity contribution in [2.24, 2.45) is 0 Å². The van der Waals surface area contributed by atoms with Crippen LogP contribution in [0.5, 0.6) is 5.75 Å². The van der Waals surface area contributed by atoms with Crippen molar-refractivity contribution in [3.8, 4) is 5.75 Å². The van der Waals surface area contributed by atoms with Crippen molar-refractivity contribution in [3.63, 3.8) is 0 Å². The molecule has 7 heteroatoms. The molecule has 1 saturated heterocycles. The van der Waals surface area contributed by atoms with Gasteiger partial charge in [0, 0.05) is 12.7 Å². The quantitative estimate of drug-likeness (QED) is 0.835. The molecule has 1 aliphatic heterocycles. The fourth-order valence-corrected chi connectivity index (χ4v) is 2.56. The van der Waals surface area contributed by atoms with Crippen molar-refractivity contribution in [2.45, 2.75) is 25.9 Å². The van der Waals surface area contributed by atoms with E-state index < -0.39 is 11.9 Å². The first kappa shape index (κ1) is 17.0. The fraction of sp³-hybridized carbons (Fsp3) is 0.333. The van der Waals surface area contributed by atoms with Crippen LogP contribution in [-0.4, -0.2) is 36.3 Å². The maximum absolute atomic E-state index is 12.3. The first-order valence-corrected chi connectivity index (χ1v) is 8.01. The predicted molar refractivity (Wildman–Crippen MR) is 89.3 cm³/mol. The van der Waals surface area contributed by atoms with E-state index in [9.17, 15) is 9.59 Å². The van der Waals surface area contributed by atoms with E-state index in [2.05, 4.69) is 5.32 Å². The zero-order chi connectivity index (χ0) is 17.8. The number of carbonyl (C=O) groups excluding carboxylic acids is 1. The number of hydrogen-bond acceptors (Lipinski definition) is 5. The number of aryl methyl sites for hydroxylation is 1. The van der Waals surface area contributed by atoms with Crippen LogP contribution in [0.1, 0.15) is 39.3 Å². The van der Waals surface area contributed by atoms with Crippen LogP contribution in [0.25, 0.3) is 0 Å². The maximum atomic E-state index is 12.3. The topological polar surface area (TPSA) is 98.0 Å². The van der Waals surface area contributed by atoms with Gasteiger partial charge in [-0.15, -0.1) is 0 Å². The number of furan rings is 1. The highest BCUT2D eigenvalue weighted by Gasteiger charge is 2.19. The Morgan fingerprint density at radius 2 is 2.20 bits per heavy atom. The van der Waals surface area contributed by atoms with Gasteiger partial charge < -0.3 is 24.3 Å². The minimum atomic E-state index is -1.15. The van der Waals surface area contributed by atoms with Gasteiger partial charge in [0.1, 0.15) is 18.6 Å². The summed E-state index contributed by atoms with van der Waals surface area (Å²) < 4.78 is 16.4. The van der Waals surface area contributed by atoms with Crippen molar-refractivity contribution in [3.05, 3.63) is 47.4 Å². The highest BCUT2D eigenvalue weighted by Crippen LogP contribution is 2.27. The van der Waals surface area contributed by atoms with Crippen molar-refractivity contribution >= 4 is 17.6 Å². The fourth-order valence-electron chi connectivity index (χ4n) is 2.56. The Balaban J connectivity index is 1.71. The molecule has 2 N–H and O–H groups in total. The zero-order valence-electron chi connectivity index (χ0n) is 13.8. The lowest BCUT2D eigenvalue weighted by atomic mass is 10.2. The normalized spacial score (nSPS) is 16.6. The highest BCUT2D eigenvalue weighted by atomic mass is 16.5. The monoisotopic (exact) mass is 345 g/mol. The van der Waals surface area contributed by atoms with Crippen LogP contribution >= 0.6 is 0 Å². The second kappa shape index (κ2) is 7.40. The zero-order valence-corrected chi connectivity index (χ0v) is 13.8. The molecule has 1 atom stereocenters. The molecule has 1 unspecified atom stereocenters. The van der Waals surface area contributed by atoms with Crippen LogP contribution in [-0.2, 0) is 4.74 Å². The molecule has 0 saturated carbocycles. The number of anilines is 1. The lowest BCUT2D eigenvalue weighted by molar-refractivity contribution is 0.0681. The number of carboxylic acids is 1. The molecular weight excluding hydrogens is 326 g/mol. The first-order chi connectivity index (χ1) is 12.0. The summed E-state index contributed by atoms with van der Waals surface area (Å²) in [6, 6.07) is 6.59. The molecule has 25 heavy (non-hydrogen) atoms. The van der Waals surface area contributed by atoms with E-state index in [0.717, 1.165) is 31.3 Å². The average molecular weight is 345 g/mol. The number of aromatic carboxylic acids is 1. The third kappa shape index (κ3) is 4.19. The number of carboxylic acid groups (broad SMARTS) is 1. The van der Waals surface area contributed by atoms with Crippen molar-refractivity contribution < 1.29 is 28.6 Å². The molecule has 1 fully saturated rings. The van der Waals surface area contributed by atoms with Gasteiger partial charge in [-0.2, -0.15) is 0 Å². The van der Waals surface area contributed by atoms with Gasteiger partial charge in [-0.1, -0.05) is 6.07 Å². The second-order valence-corrected chi connectivity index (χ2v) is 5.90. The molecule has 3 rings (SSSR count). The number of rotatable bonds is 6. The molecule has 7 nitrogen and oxygen atoms in total. The summed E-state index contributed by atoms with van der Waals surface area (Å²) in [5, 5.41) is 11.6. The molecule has 2 heterocycles. The van der Waals surface area contributed by atoms with Crippen LogP contribution in [0.15, 0.2) is 34.9 Å². The van der Waals surface area contributed by atoms with Gasteiger partial charge in [-0.3, -0.25) is 4.79 Å². The number of carbonyl (C=O) groups is 2. The maximum Gasteiger partial charge on any atom is 0.338 e. The molecule has 1 aromatic heterocycles. The molecule has 1 aliphatic rings. The minimum absolute atomic E-state index is 0.0623. The van der Waals surface area contributed by atoms with E-state index in [1.807, 2.05) is 19.1 Å². The van der Waals surface area contributed by atoms with E-state index in [0.29, 0.717) is 18.0 Å². The summed E-state index contributed by atoms with van der Waals surface area (Å²) in [5.41, 5.74) is 1.40. The Morgan fingerprint density at radius 1 is 1.36 bits per heavy atom. The van der Waals surface area contributed by atoms with E-state index >= 15 is 0 Å². The molecule has 0 radical (unpaired) electrons. The Bertz CT molecular complexity index is 776. The summed E-state index contributed by atoms with van der Waals surface area (Å²) in [6.07, 6.45) is 3.07. The highest BCUT2D eigenvalue weighted by molar-refractivity contribution is 6.04. The summed E-state index contributed by atoms with van der Waals surface area (Å²) in [7, 11) is 0. The number of hydrogen-bond donors (Lipinski definition) is 2. The third-order valence-electron chi connectivity index (χ3n) is 3.90. The van der Waals surface area contributed by atoms with Gasteiger partial charge in [0.15, 0.2) is 5.76 Å². The van der Waals surface area contributed by atoms with Gasteiger partial charge in [0.05, 0.1) is 17.4 Å². The van der Waals surface area contributed by atoms with Gasteiger partial charge in [0.25, 0.3) is 5.91 Å². The van der Waals surface area contributed by atoms with Crippen LogP contribution < -0.4 is 10.1 Å². The Hall–Kier alpha value is -2.80.